The second-order valence-electron chi connectivity index (χ2n) is 8.77. The zero-order valence-corrected chi connectivity index (χ0v) is 19.1. The predicted molar refractivity (Wildman–Crippen MR) is 129 cm³/mol. The van der Waals surface area contributed by atoms with Crippen molar-refractivity contribution in [3.8, 4) is 5.75 Å². The SMILES string of the molecule is C[C@H](NC(=O)CCCC(=O)Nc1ccc(OCCC2CCCCC2)cc1)c1ccccc1. The highest BCUT2D eigenvalue weighted by Gasteiger charge is 2.13. The second-order valence-corrected chi connectivity index (χ2v) is 8.77. The quantitative estimate of drug-likeness (QED) is 0.452. The molecule has 1 aliphatic rings. The number of rotatable bonds is 11. The summed E-state index contributed by atoms with van der Waals surface area (Å²) in [5.41, 5.74) is 1.82. The Morgan fingerprint density at radius 3 is 2.34 bits per heavy atom. The maximum Gasteiger partial charge on any atom is 0.224 e. The number of ether oxygens (including phenoxy) is 1. The molecule has 32 heavy (non-hydrogen) atoms. The van der Waals surface area contributed by atoms with Crippen LogP contribution in [0.3, 0.4) is 0 Å². The Labute approximate surface area is 191 Å². The predicted octanol–water partition coefficient (Wildman–Crippen LogP) is 6.02. The van der Waals surface area contributed by atoms with Gasteiger partial charge in [0.2, 0.25) is 11.8 Å². The van der Waals surface area contributed by atoms with Crippen LogP contribution in [0.1, 0.15) is 76.3 Å². The number of carbonyl (C=O) groups is 2. The van der Waals surface area contributed by atoms with Crippen molar-refractivity contribution in [2.75, 3.05) is 11.9 Å². The van der Waals surface area contributed by atoms with E-state index in [0.717, 1.165) is 35.9 Å². The van der Waals surface area contributed by atoms with Crippen LogP contribution in [-0.2, 0) is 9.59 Å². The molecule has 172 valence electrons. The van der Waals surface area contributed by atoms with Gasteiger partial charge in [-0.3, -0.25) is 9.59 Å². The number of hydrogen-bond donors (Lipinski definition) is 2. The first-order valence-corrected chi connectivity index (χ1v) is 12.0. The van der Waals surface area contributed by atoms with E-state index in [4.69, 9.17) is 4.74 Å². The van der Waals surface area contributed by atoms with Gasteiger partial charge in [0.1, 0.15) is 5.75 Å². The van der Waals surface area contributed by atoms with Crippen LogP contribution in [0.25, 0.3) is 0 Å². The van der Waals surface area contributed by atoms with Gasteiger partial charge >= 0.3 is 0 Å². The maximum atomic E-state index is 12.2. The molecule has 0 radical (unpaired) electrons. The van der Waals surface area contributed by atoms with Crippen LogP contribution in [0.4, 0.5) is 5.69 Å². The molecule has 1 aliphatic carbocycles. The van der Waals surface area contributed by atoms with E-state index in [1.165, 1.54) is 32.1 Å². The van der Waals surface area contributed by atoms with Gasteiger partial charge in [0.25, 0.3) is 0 Å². The van der Waals surface area contributed by atoms with Gasteiger partial charge < -0.3 is 15.4 Å². The number of nitrogens with one attached hydrogen (secondary N) is 2. The van der Waals surface area contributed by atoms with Crippen LogP contribution in [0.5, 0.6) is 5.75 Å². The van der Waals surface area contributed by atoms with Crippen molar-refractivity contribution in [1.29, 1.82) is 0 Å². The van der Waals surface area contributed by atoms with Crippen molar-refractivity contribution < 1.29 is 14.3 Å². The van der Waals surface area contributed by atoms with Crippen LogP contribution in [0.2, 0.25) is 0 Å². The van der Waals surface area contributed by atoms with Crippen LogP contribution in [0, 0.1) is 5.92 Å². The van der Waals surface area contributed by atoms with Gasteiger partial charge in [-0.25, -0.2) is 0 Å². The molecular weight excluding hydrogens is 400 g/mol. The fourth-order valence-electron chi connectivity index (χ4n) is 4.23. The molecule has 2 amide bonds. The van der Waals surface area contributed by atoms with Gasteiger partial charge in [0.05, 0.1) is 12.6 Å². The number of hydrogen-bond acceptors (Lipinski definition) is 3. The summed E-state index contributed by atoms with van der Waals surface area (Å²) in [6.07, 6.45) is 9.05. The summed E-state index contributed by atoms with van der Waals surface area (Å²) in [4.78, 5) is 24.3. The van der Waals surface area contributed by atoms with Crippen molar-refractivity contribution >= 4 is 17.5 Å². The molecule has 0 saturated heterocycles. The molecule has 2 aromatic carbocycles. The smallest absolute Gasteiger partial charge is 0.224 e. The van der Waals surface area contributed by atoms with E-state index in [2.05, 4.69) is 10.6 Å². The first kappa shape index (κ1) is 23.8. The Bertz CT molecular complexity index is 830. The van der Waals surface area contributed by atoms with Crippen molar-refractivity contribution in [3.05, 3.63) is 60.2 Å². The Hall–Kier alpha value is -2.82. The van der Waals surface area contributed by atoms with Gasteiger partial charge in [-0.15, -0.1) is 0 Å². The molecule has 0 aromatic heterocycles. The molecule has 2 N–H and O–H groups in total. The third-order valence-corrected chi connectivity index (χ3v) is 6.14. The first-order valence-electron chi connectivity index (χ1n) is 12.0. The summed E-state index contributed by atoms with van der Waals surface area (Å²) < 4.78 is 5.87. The van der Waals surface area contributed by atoms with Crippen LogP contribution in [0.15, 0.2) is 54.6 Å². The molecule has 0 aliphatic heterocycles. The fraction of sp³-hybridized carbons (Fsp3) is 0.481. The number of carbonyl (C=O) groups excluding carboxylic acids is 2. The molecule has 0 unspecified atom stereocenters. The molecule has 1 atom stereocenters. The fourth-order valence-corrected chi connectivity index (χ4v) is 4.23. The summed E-state index contributed by atoms with van der Waals surface area (Å²) in [6, 6.07) is 17.3. The lowest BCUT2D eigenvalue weighted by Gasteiger charge is -2.21. The highest BCUT2D eigenvalue weighted by molar-refractivity contribution is 5.91. The van der Waals surface area contributed by atoms with Gasteiger partial charge in [-0.1, -0.05) is 62.4 Å². The Morgan fingerprint density at radius 1 is 0.938 bits per heavy atom. The van der Waals surface area contributed by atoms with Crippen molar-refractivity contribution in [2.45, 2.75) is 70.8 Å². The average molecular weight is 437 g/mol. The number of amides is 2. The Morgan fingerprint density at radius 2 is 1.62 bits per heavy atom. The standard InChI is InChI=1S/C27H36N2O3/c1-21(23-11-6-3-7-12-23)28-26(30)13-8-14-27(31)29-24-15-17-25(18-16-24)32-20-19-22-9-4-2-5-10-22/h3,6-7,11-12,15-18,21-22H,2,4-5,8-10,13-14,19-20H2,1H3,(H,28,30)(H,29,31)/t21-/m0/s1. The minimum absolute atomic E-state index is 0.0381. The molecule has 0 heterocycles. The molecule has 3 rings (SSSR count). The number of benzene rings is 2. The third kappa shape index (κ3) is 8.37. The van der Waals surface area contributed by atoms with Crippen LogP contribution >= 0.6 is 0 Å². The lowest BCUT2D eigenvalue weighted by molar-refractivity contribution is -0.122. The van der Waals surface area contributed by atoms with Crippen LogP contribution in [-0.4, -0.2) is 18.4 Å². The normalized spacial score (nSPS) is 15.0. The molecule has 1 saturated carbocycles. The maximum absolute atomic E-state index is 12.2. The zero-order chi connectivity index (χ0) is 22.6. The molecule has 5 heteroatoms. The molecule has 1 fully saturated rings. The monoisotopic (exact) mass is 436 g/mol. The van der Waals surface area contributed by atoms with Crippen molar-refractivity contribution in [3.63, 3.8) is 0 Å². The van der Waals surface area contributed by atoms with Gasteiger partial charge in [-0.2, -0.15) is 0 Å². The van der Waals surface area contributed by atoms with E-state index < -0.39 is 0 Å². The average Bonchev–Trinajstić information content (AvgIpc) is 2.81. The summed E-state index contributed by atoms with van der Waals surface area (Å²) >= 11 is 0. The first-order chi connectivity index (χ1) is 15.6. The van der Waals surface area contributed by atoms with Gasteiger partial charge in [-0.05, 0) is 55.5 Å². The summed E-state index contributed by atoms with van der Waals surface area (Å²) in [6.45, 7) is 2.71. The van der Waals surface area contributed by atoms with Crippen LogP contribution < -0.4 is 15.4 Å². The highest BCUT2D eigenvalue weighted by Crippen LogP contribution is 2.26. The molecule has 0 bridgehead atoms. The third-order valence-electron chi connectivity index (χ3n) is 6.14. The summed E-state index contributed by atoms with van der Waals surface area (Å²) in [7, 11) is 0. The lowest BCUT2D eigenvalue weighted by atomic mass is 9.87. The Balaban J connectivity index is 1.30. The summed E-state index contributed by atoms with van der Waals surface area (Å²) in [5, 5.41) is 5.87. The lowest BCUT2D eigenvalue weighted by Crippen LogP contribution is -2.26. The minimum Gasteiger partial charge on any atom is -0.494 e. The van der Waals surface area contributed by atoms with Crippen molar-refractivity contribution in [1.82, 2.24) is 5.32 Å². The molecular formula is C27H36N2O3. The van der Waals surface area contributed by atoms with E-state index >= 15 is 0 Å². The zero-order valence-electron chi connectivity index (χ0n) is 19.1. The van der Waals surface area contributed by atoms with Gasteiger partial charge in [0.15, 0.2) is 0 Å². The second kappa shape index (κ2) is 12.9. The molecule has 5 nitrogen and oxygen atoms in total. The van der Waals surface area contributed by atoms with Gasteiger partial charge in [0, 0.05) is 18.5 Å². The minimum atomic E-state index is -0.0834. The van der Waals surface area contributed by atoms with E-state index in [1.54, 1.807) is 0 Å². The van der Waals surface area contributed by atoms with E-state index in [1.807, 2.05) is 61.5 Å². The van der Waals surface area contributed by atoms with Crippen molar-refractivity contribution in [2.24, 2.45) is 5.92 Å². The Kier molecular flexibility index (Phi) is 9.60. The highest BCUT2D eigenvalue weighted by atomic mass is 16.5. The topological polar surface area (TPSA) is 67.4 Å². The van der Waals surface area contributed by atoms with E-state index in [0.29, 0.717) is 19.3 Å². The molecule has 2 aromatic rings. The molecule has 0 spiro atoms. The summed E-state index contributed by atoms with van der Waals surface area (Å²) in [5.74, 6) is 1.53. The van der Waals surface area contributed by atoms with E-state index in [-0.39, 0.29) is 17.9 Å². The largest absolute Gasteiger partial charge is 0.494 e. The number of anilines is 1. The van der Waals surface area contributed by atoms with E-state index in [9.17, 15) is 9.59 Å².